The van der Waals surface area contributed by atoms with Crippen molar-refractivity contribution in [3.8, 4) is 0 Å². The van der Waals surface area contributed by atoms with E-state index in [1.807, 2.05) is 0 Å². The van der Waals surface area contributed by atoms with Crippen molar-refractivity contribution < 1.29 is 9.47 Å². The molecule has 1 N–H and O–H groups in total. The number of hydrogen-bond acceptors (Lipinski definition) is 6. The van der Waals surface area contributed by atoms with E-state index in [-0.39, 0.29) is 6.04 Å². The van der Waals surface area contributed by atoms with Crippen molar-refractivity contribution in [2.45, 2.75) is 26.3 Å². The van der Waals surface area contributed by atoms with E-state index in [9.17, 15) is 0 Å². The lowest BCUT2D eigenvalue weighted by molar-refractivity contribution is 0.170. The van der Waals surface area contributed by atoms with Crippen molar-refractivity contribution in [1.82, 2.24) is 9.97 Å². The minimum atomic E-state index is 0.214. The molecule has 0 aromatic carbocycles. The van der Waals surface area contributed by atoms with Crippen LogP contribution in [-0.2, 0) is 9.47 Å². The fourth-order valence-electron chi connectivity index (χ4n) is 1.91. The van der Waals surface area contributed by atoms with Gasteiger partial charge in [0.1, 0.15) is 11.6 Å². The van der Waals surface area contributed by atoms with Crippen LogP contribution in [0.3, 0.4) is 0 Å². The van der Waals surface area contributed by atoms with Gasteiger partial charge in [0, 0.05) is 27.3 Å². The molecule has 0 bridgehead atoms. The third-order valence-corrected chi connectivity index (χ3v) is 2.95. The number of ether oxygens (including phenoxy) is 2. The molecule has 1 aromatic rings. The molecule has 0 spiro atoms. The number of nitrogens with zero attached hydrogens (tertiary/aromatic N) is 3. The van der Waals surface area contributed by atoms with Crippen molar-refractivity contribution >= 4 is 11.6 Å². The smallest absolute Gasteiger partial charge is 0.149 e. The Morgan fingerprint density at radius 2 is 2.10 bits per heavy atom. The lowest BCUT2D eigenvalue weighted by Gasteiger charge is -2.29. The summed E-state index contributed by atoms with van der Waals surface area (Å²) in [6, 6.07) is 0.214. The topological polar surface area (TPSA) is 59.5 Å². The van der Waals surface area contributed by atoms with Crippen LogP contribution in [0.25, 0.3) is 0 Å². The summed E-state index contributed by atoms with van der Waals surface area (Å²) in [4.78, 5) is 11.0. The maximum Gasteiger partial charge on any atom is 0.149 e. The van der Waals surface area contributed by atoms with Crippen molar-refractivity contribution in [2.75, 3.05) is 50.7 Å². The normalized spacial score (nSPS) is 12.2. The lowest BCUT2D eigenvalue weighted by atomic mass is 10.3. The highest BCUT2D eigenvalue weighted by Crippen LogP contribution is 2.15. The van der Waals surface area contributed by atoms with Gasteiger partial charge in [-0.25, -0.2) is 4.98 Å². The van der Waals surface area contributed by atoms with Crippen LogP contribution in [-0.4, -0.2) is 56.5 Å². The molecular formula is C14H26N4O2. The second-order valence-electron chi connectivity index (χ2n) is 4.68. The fraction of sp³-hybridized carbons (Fsp3) is 0.714. The predicted molar refractivity (Wildman–Crippen MR) is 81.4 cm³/mol. The number of nitrogens with one attached hydrogen (secondary N) is 1. The predicted octanol–water partition coefficient (Wildman–Crippen LogP) is 1.79. The Morgan fingerprint density at radius 1 is 1.30 bits per heavy atom. The van der Waals surface area contributed by atoms with Crippen LogP contribution < -0.4 is 10.2 Å². The van der Waals surface area contributed by atoms with Crippen LogP contribution in [0.2, 0.25) is 0 Å². The van der Waals surface area contributed by atoms with Crippen LogP contribution in [0, 0.1) is 0 Å². The molecule has 6 nitrogen and oxygen atoms in total. The number of rotatable bonds is 10. The number of methoxy groups -OCH3 is 2. The highest BCUT2D eigenvalue weighted by atomic mass is 16.5. The molecule has 1 atom stereocenters. The second kappa shape index (κ2) is 9.50. The van der Waals surface area contributed by atoms with E-state index in [0.717, 1.165) is 31.1 Å². The maximum atomic E-state index is 5.23. The molecule has 0 saturated heterocycles. The zero-order chi connectivity index (χ0) is 14.8. The summed E-state index contributed by atoms with van der Waals surface area (Å²) in [6.45, 7) is 7.15. The van der Waals surface area contributed by atoms with E-state index in [0.29, 0.717) is 13.2 Å². The highest BCUT2D eigenvalue weighted by Gasteiger charge is 2.16. The summed E-state index contributed by atoms with van der Waals surface area (Å²) in [5, 5.41) is 3.25. The molecule has 6 heteroatoms. The van der Waals surface area contributed by atoms with E-state index < -0.39 is 0 Å². The molecule has 0 aliphatic rings. The van der Waals surface area contributed by atoms with Crippen LogP contribution in [0.1, 0.15) is 20.3 Å². The van der Waals surface area contributed by atoms with E-state index in [1.165, 1.54) is 0 Å². The standard InChI is InChI=1S/C14H26N4O2/c1-5-6-16-13-9-15-10-14(17-13)18(7-8-19-3)12(2)11-20-4/h9-10,12H,5-8,11H2,1-4H3,(H,16,17). The van der Waals surface area contributed by atoms with Crippen molar-refractivity contribution in [3.05, 3.63) is 12.4 Å². The highest BCUT2D eigenvalue weighted by molar-refractivity contribution is 5.44. The summed E-state index contributed by atoms with van der Waals surface area (Å²) in [6.07, 6.45) is 4.58. The molecule has 0 amide bonds. The Morgan fingerprint density at radius 3 is 2.75 bits per heavy atom. The van der Waals surface area contributed by atoms with Crippen molar-refractivity contribution in [2.24, 2.45) is 0 Å². The van der Waals surface area contributed by atoms with Crippen molar-refractivity contribution in [1.29, 1.82) is 0 Å². The Bertz CT molecular complexity index is 376. The van der Waals surface area contributed by atoms with Crippen molar-refractivity contribution in [3.63, 3.8) is 0 Å². The zero-order valence-electron chi connectivity index (χ0n) is 12.9. The van der Waals surface area contributed by atoms with Crippen LogP contribution in [0.4, 0.5) is 11.6 Å². The Balaban J connectivity index is 2.82. The van der Waals surface area contributed by atoms with Gasteiger partial charge in [-0.05, 0) is 13.3 Å². The average Bonchev–Trinajstić information content (AvgIpc) is 2.46. The molecule has 0 aliphatic carbocycles. The summed E-state index contributed by atoms with van der Waals surface area (Å²) in [7, 11) is 3.40. The molecule has 114 valence electrons. The minimum Gasteiger partial charge on any atom is -0.383 e. The van der Waals surface area contributed by atoms with Gasteiger partial charge < -0.3 is 19.7 Å². The summed E-state index contributed by atoms with van der Waals surface area (Å²) in [5.41, 5.74) is 0. The number of hydrogen-bond donors (Lipinski definition) is 1. The quantitative estimate of drug-likeness (QED) is 0.706. The molecule has 0 fully saturated rings. The van der Waals surface area contributed by atoms with Crippen LogP contribution in [0.5, 0.6) is 0 Å². The Kier molecular flexibility index (Phi) is 7.91. The molecule has 1 unspecified atom stereocenters. The molecule has 1 rings (SSSR count). The SMILES string of the molecule is CCCNc1cncc(N(CCOC)C(C)COC)n1. The molecule has 0 saturated carbocycles. The lowest BCUT2D eigenvalue weighted by Crippen LogP contribution is -2.39. The third kappa shape index (κ3) is 5.30. The number of anilines is 2. The van der Waals surface area contributed by atoms with Crippen LogP contribution in [0.15, 0.2) is 12.4 Å². The largest absolute Gasteiger partial charge is 0.383 e. The monoisotopic (exact) mass is 282 g/mol. The van der Waals surface area contributed by atoms with Gasteiger partial charge in [-0.3, -0.25) is 4.98 Å². The maximum absolute atomic E-state index is 5.23. The first-order valence-corrected chi connectivity index (χ1v) is 7.03. The summed E-state index contributed by atoms with van der Waals surface area (Å²) in [5.74, 6) is 1.64. The average molecular weight is 282 g/mol. The first kappa shape index (κ1) is 16.7. The first-order chi connectivity index (χ1) is 9.72. The van der Waals surface area contributed by atoms with E-state index in [1.54, 1.807) is 26.6 Å². The molecule has 1 aromatic heterocycles. The van der Waals surface area contributed by atoms with E-state index >= 15 is 0 Å². The van der Waals surface area contributed by atoms with Gasteiger partial charge in [-0.2, -0.15) is 0 Å². The van der Waals surface area contributed by atoms with Gasteiger partial charge in [0.25, 0.3) is 0 Å². The molecule has 0 radical (unpaired) electrons. The van der Waals surface area contributed by atoms with Gasteiger partial charge in [0.15, 0.2) is 0 Å². The third-order valence-electron chi connectivity index (χ3n) is 2.95. The first-order valence-electron chi connectivity index (χ1n) is 7.03. The zero-order valence-corrected chi connectivity index (χ0v) is 12.9. The Hall–Kier alpha value is -1.40. The molecule has 20 heavy (non-hydrogen) atoms. The number of aromatic nitrogens is 2. The van der Waals surface area contributed by atoms with E-state index in [2.05, 4.69) is 34.0 Å². The summed E-state index contributed by atoms with van der Waals surface area (Å²) < 4.78 is 10.4. The molecule has 1 heterocycles. The second-order valence-corrected chi connectivity index (χ2v) is 4.68. The summed E-state index contributed by atoms with van der Waals surface area (Å²) >= 11 is 0. The van der Waals surface area contributed by atoms with Gasteiger partial charge in [-0.1, -0.05) is 6.92 Å². The fourth-order valence-corrected chi connectivity index (χ4v) is 1.91. The molecular weight excluding hydrogens is 256 g/mol. The van der Waals surface area contributed by atoms with Gasteiger partial charge in [-0.15, -0.1) is 0 Å². The van der Waals surface area contributed by atoms with Gasteiger partial charge >= 0.3 is 0 Å². The minimum absolute atomic E-state index is 0.214. The molecule has 0 aliphatic heterocycles. The van der Waals surface area contributed by atoms with Gasteiger partial charge in [0.2, 0.25) is 0 Å². The van der Waals surface area contributed by atoms with E-state index in [4.69, 9.17) is 9.47 Å². The van der Waals surface area contributed by atoms with Gasteiger partial charge in [0.05, 0.1) is 31.6 Å². The Labute approximate surface area is 121 Å². The van der Waals surface area contributed by atoms with Crippen LogP contribution >= 0.6 is 0 Å².